The third kappa shape index (κ3) is 3.85. The highest BCUT2D eigenvalue weighted by atomic mass is 35.5. The Bertz CT molecular complexity index is 1390. The lowest BCUT2D eigenvalue weighted by atomic mass is 10.2. The van der Waals surface area contributed by atoms with E-state index in [0.717, 1.165) is 22.6 Å². The topological polar surface area (TPSA) is 72.9 Å². The Hall–Kier alpha value is -3.78. The predicted molar refractivity (Wildman–Crippen MR) is 117 cm³/mol. The van der Waals surface area contributed by atoms with Crippen LogP contribution in [-0.4, -0.2) is 29.4 Å². The number of nitrogens with one attached hydrogen (secondary N) is 1. The Balaban J connectivity index is 1.55. The maximum Gasteiger partial charge on any atom is 0.155 e. The summed E-state index contributed by atoms with van der Waals surface area (Å²) in [5.74, 6) is 0.931. The summed E-state index contributed by atoms with van der Waals surface area (Å²) in [6.07, 6.45) is 3.39. The van der Waals surface area contributed by atoms with Gasteiger partial charge in [-0.05, 0) is 49.4 Å². The monoisotopic (exact) mass is 433 g/mol. The van der Waals surface area contributed by atoms with Gasteiger partial charge in [0.25, 0.3) is 0 Å². The third-order valence-corrected chi connectivity index (χ3v) is 5.07. The molecule has 4 heterocycles. The average Bonchev–Trinajstić information content (AvgIpc) is 3.41. The fourth-order valence-corrected chi connectivity index (χ4v) is 3.52. The van der Waals surface area contributed by atoms with Gasteiger partial charge in [0.05, 0.1) is 5.69 Å². The number of hydrogen-bond donors (Lipinski definition) is 1. The van der Waals surface area contributed by atoms with E-state index in [1.807, 2.05) is 49.5 Å². The molecule has 0 aliphatic heterocycles. The highest BCUT2D eigenvalue weighted by molar-refractivity contribution is 6.30. The number of aryl methyl sites for hydroxylation is 1. The van der Waals surface area contributed by atoms with Crippen LogP contribution in [0.1, 0.15) is 11.3 Å². The normalized spacial score (nSPS) is 11.2. The first-order chi connectivity index (χ1) is 15.1. The second-order valence-electron chi connectivity index (χ2n) is 7.03. The second kappa shape index (κ2) is 7.81. The largest absolute Gasteiger partial charge is 0.364 e. The minimum Gasteiger partial charge on any atom is -0.364 e. The van der Waals surface area contributed by atoms with Gasteiger partial charge in [0.2, 0.25) is 0 Å². The van der Waals surface area contributed by atoms with E-state index in [2.05, 4.69) is 25.5 Å². The van der Waals surface area contributed by atoms with Gasteiger partial charge in [0.15, 0.2) is 11.5 Å². The van der Waals surface area contributed by atoms with Crippen LogP contribution in [0.4, 0.5) is 10.2 Å². The van der Waals surface area contributed by atoms with Crippen LogP contribution in [0.5, 0.6) is 0 Å². The number of fused-ring (bicyclic) bond motifs is 1. The summed E-state index contributed by atoms with van der Waals surface area (Å²) in [4.78, 5) is 8.79. The number of benzene rings is 1. The SMILES string of the molecule is Cc1cccc(-n2nc(NCc3cc(Cl)ccc3F)cc2-c2ccc3ncnn3c2)n1. The van der Waals surface area contributed by atoms with Crippen LogP contribution in [0.15, 0.2) is 67.1 Å². The molecule has 0 amide bonds. The molecule has 5 rings (SSSR count). The van der Waals surface area contributed by atoms with Gasteiger partial charge in [-0.3, -0.25) is 0 Å². The average molecular weight is 434 g/mol. The van der Waals surface area contributed by atoms with E-state index >= 15 is 0 Å². The van der Waals surface area contributed by atoms with Crippen molar-refractivity contribution in [1.82, 2.24) is 29.4 Å². The number of pyridine rings is 2. The Labute approximate surface area is 182 Å². The van der Waals surface area contributed by atoms with Gasteiger partial charge in [0.1, 0.15) is 18.0 Å². The van der Waals surface area contributed by atoms with E-state index in [9.17, 15) is 4.39 Å². The van der Waals surface area contributed by atoms with Crippen molar-refractivity contribution < 1.29 is 4.39 Å². The van der Waals surface area contributed by atoms with Crippen LogP contribution < -0.4 is 5.32 Å². The molecule has 0 bridgehead atoms. The van der Waals surface area contributed by atoms with Crippen molar-refractivity contribution >= 4 is 23.1 Å². The van der Waals surface area contributed by atoms with Crippen LogP contribution in [0.2, 0.25) is 5.02 Å². The van der Waals surface area contributed by atoms with Crippen LogP contribution >= 0.6 is 11.6 Å². The molecule has 0 fully saturated rings. The fourth-order valence-electron chi connectivity index (χ4n) is 3.33. The van der Waals surface area contributed by atoms with Crippen molar-refractivity contribution in [1.29, 1.82) is 0 Å². The van der Waals surface area contributed by atoms with Gasteiger partial charge < -0.3 is 5.32 Å². The van der Waals surface area contributed by atoms with Crippen LogP contribution in [-0.2, 0) is 6.54 Å². The summed E-state index contributed by atoms with van der Waals surface area (Å²) in [6.45, 7) is 2.17. The molecule has 1 aromatic carbocycles. The molecular weight excluding hydrogens is 417 g/mol. The molecule has 9 heteroatoms. The van der Waals surface area contributed by atoms with Crippen molar-refractivity contribution in [2.24, 2.45) is 0 Å². The molecule has 0 saturated heterocycles. The summed E-state index contributed by atoms with van der Waals surface area (Å²) in [7, 11) is 0. The molecule has 1 N–H and O–H groups in total. The smallest absolute Gasteiger partial charge is 0.155 e. The first-order valence-electron chi connectivity index (χ1n) is 9.58. The number of halogens is 2. The van der Waals surface area contributed by atoms with Crippen LogP contribution in [0.25, 0.3) is 22.7 Å². The molecule has 0 saturated carbocycles. The van der Waals surface area contributed by atoms with Gasteiger partial charge in [-0.1, -0.05) is 17.7 Å². The lowest BCUT2D eigenvalue weighted by molar-refractivity contribution is 0.613. The lowest BCUT2D eigenvalue weighted by Crippen LogP contribution is -2.05. The van der Waals surface area contributed by atoms with Crippen LogP contribution in [0.3, 0.4) is 0 Å². The molecule has 31 heavy (non-hydrogen) atoms. The summed E-state index contributed by atoms with van der Waals surface area (Å²) in [5.41, 5.74) is 3.78. The van der Waals surface area contributed by atoms with Crippen LogP contribution in [0, 0.1) is 12.7 Å². The number of hydrogen-bond acceptors (Lipinski definition) is 5. The summed E-state index contributed by atoms with van der Waals surface area (Å²) in [5, 5.41) is 12.6. The molecule has 0 aliphatic rings. The summed E-state index contributed by atoms with van der Waals surface area (Å²) in [6, 6.07) is 16.0. The Morgan fingerprint density at radius 3 is 2.87 bits per heavy atom. The van der Waals surface area contributed by atoms with Crippen molar-refractivity contribution in [3.63, 3.8) is 0 Å². The lowest BCUT2D eigenvalue weighted by Gasteiger charge is -2.07. The molecule has 7 nitrogen and oxygen atoms in total. The van der Waals surface area contributed by atoms with E-state index in [1.54, 1.807) is 15.3 Å². The Morgan fingerprint density at radius 1 is 1.10 bits per heavy atom. The number of rotatable bonds is 5. The van der Waals surface area contributed by atoms with Crippen molar-refractivity contribution in [2.75, 3.05) is 5.32 Å². The third-order valence-electron chi connectivity index (χ3n) is 4.84. The minimum atomic E-state index is -0.325. The highest BCUT2D eigenvalue weighted by Crippen LogP contribution is 2.26. The van der Waals surface area contributed by atoms with E-state index in [-0.39, 0.29) is 12.4 Å². The number of nitrogens with zero attached hydrogens (tertiary/aromatic N) is 6. The van der Waals surface area contributed by atoms with E-state index in [4.69, 9.17) is 11.6 Å². The zero-order valence-corrected chi connectivity index (χ0v) is 17.3. The van der Waals surface area contributed by atoms with E-state index in [1.165, 1.54) is 18.5 Å². The standard InChI is InChI=1S/C22H17ClFN7/c1-14-3-2-4-22(28-14)31-19(15-5-8-21-26-13-27-30(21)12-15)10-20(29-31)25-11-16-9-17(23)6-7-18(16)24/h2-10,12-13H,11H2,1H3,(H,25,29). The van der Waals surface area contributed by atoms with Gasteiger partial charge in [-0.2, -0.15) is 5.10 Å². The van der Waals surface area contributed by atoms with Crippen molar-refractivity contribution in [2.45, 2.75) is 13.5 Å². The zero-order valence-electron chi connectivity index (χ0n) is 16.5. The Morgan fingerprint density at radius 2 is 2.00 bits per heavy atom. The van der Waals surface area contributed by atoms with Gasteiger partial charge in [-0.25, -0.2) is 23.6 Å². The molecule has 0 atom stereocenters. The summed E-state index contributed by atoms with van der Waals surface area (Å²) >= 11 is 6.01. The molecular formula is C22H17ClFN7. The van der Waals surface area contributed by atoms with E-state index in [0.29, 0.717) is 22.2 Å². The Kier molecular flexibility index (Phi) is 4.83. The first-order valence-corrected chi connectivity index (χ1v) is 9.96. The van der Waals surface area contributed by atoms with Gasteiger partial charge >= 0.3 is 0 Å². The van der Waals surface area contributed by atoms with E-state index < -0.39 is 0 Å². The number of aromatic nitrogens is 6. The fraction of sp³-hybridized carbons (Fsp3) is 0.0909. The quantitative estimate of drug-likeness (QED) is 0.435. The van der Waals surface area contributed by atoms with Crippen molar-refractivity contribution in [3.8, 4) is 17.1 Å². The van der Waals surface area contributed by atoms with Crippen molar-refractivity contribution in [3.05, 3.63) is 89.2 Å². The minimum absolute atomic E-state index is 0.242. The molecule has 0 radical (unpaired) electrons. The zero-order chi connectivity index (χ0) is 21.4. The summed E-state index contributed by atoms with van der Waals surface area (Å²) < 4.78 is 17.5. The molecule has 0 unspecified atom stereocenters. The molecule has 0 aliphatic carbocycles. The maximum absolute atomic E-state index is 14.1. The second-order valence-corrected chi connectivity index (χ2v) is 7.47. The molecule has 0 spiro atoms. The maximum atomic E-state index is 14.1. The molecule has 5 aromatic rings. The first kappa shape index (κ1) is 19.2. The predicted octanol–water partition coefficient (Wildman–Crippen LogP) is 4.69. The molecule has 154 valence electrons. The number of anilines is 1. The highest BCUT2D eigenvalue weighted by Gasteiger charge is 2.14. The van der Waals surface area contributed by atoms with Gasteiger partial charge in [0, 0.05) is 40.7 Å². The van der Waals surface area contributed by atoms with Gasteiger partial charge in [-0.15, -0.1) is 5.10 Å². The molecule has 4 aromatic heterocycles.